The fourth-order valence-electron chi connectivity index (χ4n) is 13.0. The number of benzene rings is 5. The number of nitrogens with one attached hydrogen (secondary N) is 4. The Kier molecular flexibility index (Phi) is 25.6. The number of hydrogen-bond donors (Lipinski definition) is 4. The number of carbonyl (C=O) groups is 2. The van der Waals surface area contributed by atoms with E-state index in [1.165, 1.54) is 30.0 Å². The van der Waals surface area contributed by atoms with E-state index in [9.17, 15) is 38.4 Å². The number of methoxy groups -OCH3 is 2. The van der Waals surface area contributed by atoms with Gasteiger partial charge in [0.05, 0.1) is 52.4 Å². The van der Waals surface area contributed by atoms with Gasteiger partial charge in [0.2, 0.25) is 0 Å². The molecule has 3 aromatic heterocycles. The predicted octanol–water partition coefficient (Wildman–Crippen LogP) is 10.5. The maximum absolute atomic E-state index is 14.6. The molecule has 3 unspecified atom stereocenters. The Labute approximate surface area is 618 Å². The molecule has 34 heteroatoms. The number of nitrogens with zero attached hydrogens (tertiary/aromatic N) is 8. The van der Waals surface area contributed by atoms with Gasteiger partial charge in [0.25, 0.3) is 25.9 Å². The van der Waals surface area contributed by atoms with Gasteiger partial charge in [-0.15, -0.1) is 18.1 Å². The summed E-state index contributed by atoms with van der Waals surface area (Å²) in [4.78, 5) is 82.2. The Bertz CT molecular complexity index is 4630. The fraction of sp³-hybridized carbons (Fsp3) is 0.384. The van der Waals surface area contributed by atoms with Crippen LogP contribution in [0.3, 0.4) is 0 Å². The molecule has 3 fully saturated rings. The molecule has 7 heterocycles. The normalized spacial score (nSPS) is 21.1. The third-order valence-electron chi connectivity index (χ3n) is 18.2. The number of aliphatic imine (C=N–C) groups is 1. The van der Waals surface area contributed by atoms with Crippen LogP contribution in [-0.4, -0.2) is 147 Å². The van der Waals surface area contributed by atoms with E-state index < -0.39 is 115 Å². The van der Waals surface area contributed by atoms with Crippen molar-refractivity contribution < 1.29 is 74.3 Å². The summed E-state index contributed by atoms with van der Waals surface area (Å²) in [7, 11) is -5.02. The highest BCUT2D eigenvalue weighted by Crippen LogP contribution is 2.52. The number of amidine groups is 1. The summed E-state index contributed by atoms with van der Waals surface area (Å²) in [5, 5.41) is 18.3. The smallest absolute Gasteiger partial charge is 0.497 e. The van der Waals surface area contributed by atoms with E-state index in [0.29, 0.717) is 50.8 Å². The molecule has 4 aliphatic rings. The van der Waals surface area contributed by atoms with Crippen LogP contribution in [0.4, 0.5) is 11.6 Å². The standard InChI is InChI=1S/C73H79N12O19P3/c1-45(2)85(46(3)4)105(96-35-17-33-74)102-55-36-64(84-44-77-65-66(75-43-76-67(65)84)80-70(88)49-20-13-9-14-21-49)101-59(55)41-97-107(92)104-57-38-63(83-39-47(5)68(86)81-72(83)90)100-60(57)42-98-106(91)103-56-37-62(82-34-32-61(79-71(82)89)78-69(87)48-18-11-8-12-19-48)99-58(56)40-95-73(50-22-15-10-16-23-50,51-24-28-53(93-6)29-25-51)52-26-30-54(94-7)31-27-52/h8-16,18-32,34,39,44-46,55-60,62-64H,17,35-38,40-43H2,1-7H3,(H2-2,75,76,78,79,80,81,86,87,88,89,90)/p+2/t55-,56-,57-,58+,59+,60+,62+,63+,64+,105?/m0/s1. The molecule has 8 aromatic rings. The highest BCUT2D eigenvalue weighted by molar-refractivity contribution is 7.44. The summed E-state index contributed by atoms with van der Waals surface area (Å²) in [6, 6.07) is 44.7. The molecule has 12 rings (SSSR count). The first kappa shape index (κ1) is 77.2. The Balaban J connectivity index is 0.795. The van der Waals surface area contributed by atoms with Crippen molar-refractivity contribution in [2.45, 2.75) is 133 Å². The van der Waals surface area contributed by atoms with Gasteiger partial charge in [-0.05, 0) is 106 Å². The van der Waals surface area contributed by atoms with Crippen molar-refractivity contribution in [3.05, 3.63) is 235 Å². The minimum absolute atomic E-state index is 0.0219. The number of rotatable bonds is 32. The summed E-state index contributed by atoms with van der Waals surface area (Å²) >= 11 is 0. The number of carbonyl (C=O) groups excluding carboxylic acids is 2. The molecule has 0 aliphatic carbocycles. The molecule has 4 N–H and O–H groups in total. The number of nitriles is 1. The molecule has 0 spiro atoms. The molecule has 2 amide bonds. The van der Waals surface area contributed by atoms with Crippen LogP contribution in [0.15, 0.2) is 184 Å². The van der Waals surface area contributed by atoms with E-state index in [-0.39, 0.29) is 87.4 Å². The molecule has 0 radical (unpaired) electrons. The van der Waals surface area contributed by atoms with Crippen molar-refractivity contribution in [1.82, 2.24) is 38.6 Å². The lowest BCUT2D eigenvalue weighted by Gasteiger charge is -2.37. The van der Waals surface area contributed by atoms with Gasteiger partial charge in [-0.1, -0.05) is 91.0 Å². The maximum atomic E-state index is 14.6. The van der Waals surface area contributed by atoms with E-state index in [4.69, 9.17) is 55.6 Å². The number of aromatic amines is 1. The summed E-state index contributed by atoms with van der Waals surface area (Å²) in [6.07, 6.45) is -5.32. The molecule has 3 saturated heterocycles. The molecule has 0 saturated carbocycles. The summed E-state index contributed by atoms with van der Waals surface area (Å²) < 4.78 is 111. The zero-order chi connectivity index (χ0) is 75.3. The van der Waals surface area contributed by atoms with Gasteiger partial charge in [-0.3, -0.25) is 33.1 Å². The quantitative estimate of drug-likeness (QED) is 0.0173. The SMILES string of the molecule is COc1ccc(C(OC[C@H]2O[C@@H](n3ccc(NC(=O)c4ccccc4)nc3=O)C[C@@H]2O[P+](=O)OC[C@H]2O[C@@H](n3cc(C)c(=O)[nH]c3=O)C[C@@H]2O[P+](=O)OC[C@H]2O[C@@H](n3cnc4c3NCN=C4NC(=O)c3ccccc3)C[C@@H]2OP(OCCC#N)N(C(C)C)C(C)C)(c2ccccc2)c2ccc(OC)cc2)cc1. The number of aromatic nitrogens is 6. The lowest BCUT2D eigenvalue weighted by molar-refractivity contribution is -0.0925. The topological polar surface area (TPSA) is 362 Å². The zero-order valence-electron chi connectivity index (χ0n) is 59.5. The molecule has 12 atom stereocenters. The van der Waals surface area contributed by atoms with Crippen molar-refractivity contribution in [2.24, 2.45) is 4.99 Å². The maximum Gasteiger partial charge on any atom is 0.697 e. The van der Waals surface area contributed by atoms with Crippen molar-refractivity contribution in [3.8, 4) is 17.6 Å². The second-order valence-electron chi connectivity index (χ2n) is 25.7. The third-order valence-corrected chi connectivity index (χ3v) is 21.9. The number of ether oxygens (including phenoxy) is 6. The van der Waals surface area contributed by atoms with Crippen LogP contribution >= 0.6 is 25.0 Å². The molecule has 107 heavy (non-hydrogen) atoms. The monoisotopic (exact) mass is 1520 g/mol. The first-order valence-electron chi connectivity index (χ1n) is 34.5. The average molecular weight is 1520 g/mol. The highest BCUT2D eigenvalue weighted by Gasteiger charge is 2.51. The number of aryl methyl sites for hydroxylation is 1. The number of anilines is 2. The van der Waals surface area contributed by atoms with Gasteiger partial charge in [0.1, 0.15) is 104 Å². The molecule has 5 aromatic carbocycles. The summed E-state index contributed by atoms with van der Waals surface area (Å²) in [5.41, 5.74) is -0.237. The Morgan fingerprint density at radius 2 is 1.20 bits per heavy atom. The molecule has 4 aliphatic heterocycles. The minimum Gasteiger partial charge on any atom is -0.497 e. The van der Waals surface area contributed by atoms with Gasteiger partial charge in [-0.2, -0.15) is 10.2 Å². The number of H-pyrrole nitrogens is 1. The van der Waals surface area contributed by atoms with Gasteiger partial charge in [0, 0.05) is 69.6 Å². The van der Waals surface area contributed by atoms with Crippen molar-refractivity contribution in [3.63, 3.8) is 0 Å². The van der Waals surface area contributed by atoms with Crippen LogP contribution in [0.1, 0.15) is 121 Å². The zero-order valence-corrected chi connectivity index (χ0v) is 62.2. The first-order valence-corrected chi connectivity index (χ1v) is 37.9. The van der Waals surface area contributed by atoms with Crippen molar-refractivity contribution in [1.29, 1.82) is 5.26 Å². The number of hydrogen-bond acceptors (Lipinski definition) is 25. The Morgan fingerprint density at radius 1 is 0.682 bits per heavy atom. The minimum atomic E-state index is -3.17. The van der Waals surface area contributed by atoms with Crippen LogP contribution in [-0.2, 0) is 60.8 Å². The van der Waals surface area contributed by atoms with E-state index in [1.54, 1.807) is 85.8 Å². The van der Waals surface area contributed by atoms with Crippen LogP contribution in [0.25, 0.3) is 0 Å². The van der Waals surface area contributed by atoms with Gasteiger partial charge < -0.3 is 53.4 Å². The second-order valence-corrected chi connectivity index (χ2v) is 29.0. The molecular formula is C73H81N12O19P3+2. The van der Waals surface area contributed by atoms with Crippen molar-refractivity contribution >= 4 is 54.3 Å². The summed E-state index contributed by atoms with van der Waals surface area (Å²) in [6.45, 7) is 8.44. The number of fused-ring (bicyclic) bond motifs is 1. The number of amides is 2. The predicted molar refractivity (Wildman–Crippen MR) is 391 cm³/mol. The molecule has 0 bridgehead atoms. The van der Waals surface area contributed by atoms with Gasteiger partial charge in [0.15, 0.2) is 5.84 Å². The lowest BCUT2D eigenvalue weighted by atomic mass is 9.80. The lowest BCUT2D eigenvalue weighted by Crippen LogP contribution is -2.38. The van der Waals surface area contributed by atoms with Crippen LogP contribution in [0.2, 0.25) is 0 Å². The van der Waals surface area contributed by atoms with Crippen LogP contribution in [0, 0.1) is 18.3 Å². The van der Waals surface area contributed by atoms with E-state index in [0.717, 1.165) is 4.57 Å². The van der Waals surface area contributed by atoms with E-state index in [2.05, 4.69) is 46.6 Å². The second kappa shape index (κ2) is 35.5. The Morgan fingerprint density at radius 3 is 1.75 bits per heavy atom. The molecule has 31 nitrogen and oxygen atoms in total. The van der Waals surface area contributed by atoms with E-state index in [1.807, 2.05) is 107 Å². The van der Waals surface area contributed by atoms with E-state index >= 15 is 0 Å². The highest BCUT2D eigenvalue weighted by atomic mass is 31.2. The average Bonchev–Trinajstić information content (AvgIpc) is 0.969. The van der Waals surface area contributed by atoms with Gasteiger partial charge in [-0.25, -0.2) is 24.2 Å². The van der Waals surface area contributed by atoms with Gasteiger partial charge >= 0.3 is 27.9 Å². The molecule has 560 valence electrons. The first-order chi connectivity index (χ1) is 51.8. The molecular weight excluding hydrogens is 1440 g/mol. The fourth-order valence-corrected chi connectivity index (χ4v) is 16.3. The largest absolute Gasteiger partial charge is 0.697 e. The Hall–Kier alpha value is -9.44. The number of imidazole rings is 1. The third kappa shape index (κ3) is 18.2. The van der Waals surface area contributed by atoms with Crippen LogP contribution < -0.4 is 42.4 Å². The van der Waals surface area contributed by atoms with Crippen LogP contribution in [0.5, 0.6) is 11.5 Å². The van der Waals surface area contributed by atoms with Crippen molar-refractivity contribution in [2.75, 3.05) is 57.9 Å². The summed E-state index contributed by atoms with van der Waals surface area (Å²) in [5.74, 6) is 1.01.